The molecule has 2 aromatic rings. The maximum Gasteiger partial charge on any atom is 0.490 e. The molecule has 8 nitrogen and oxygen atoms in total. The summed E-state index contributed by atoms with van der Waals surface area (Å²) in [6.07, 6.45) is -6.89. The van der Waals surface area contributed by atoms with Crippen LogP contribution in [-0.4, -0.2) is 66.6 Å². The third-order valence-electron chi connectivity index (χ3n) is 8.21. The Balaban J connectivity index is 0.000000707. The molecule has 1 saturated carbocycles. The van der Waals surface area contributed by atoms with Gasteiger partial charge in [-0.25, -0.2) is 14.0 Å². The Morgan fingerprint density at radius 1 is 0.978 bits per heavy atom. The Morgan fingerprint density at radius 3 is 2.13 bits per heavy atom. The largest absolute Gasteiger partial charge is 0.493 e. The molecule has 0 bridgehead atoms. The molecule has 1 aliphatic heterocycles. The number of hydrogen-bond acceptors (Lipinski definition) is 5. The molecule has 2 fully saturated rings. The number of ether oxygens (including phenoxy) is 2. The minimum atomic E-state index is -5.08. The van der Waals surface area contributed by atoms with Crippen LogP contribution in [0, 0.1) is 5.82 Å². The Labute approximate surface area is 255 Å². The molecule has 2 aromatic carbocycles. The van der Waals surface area contributed by atoms with E-state index >= 15 is 0 Å². The van der Waals surface area contributed by atoms with Crippen molar-refractivity contribution in [2.75, 3.05) is 26.1 Å². The number of anilines is 1. The Bertz CT molecular complexity index is 1380. The van der Waals surface area contributed by atoms with Crippen molar-refractivity contribution in [3.63, 3.8) is 0 Å². The molecule has 1 heterocycles. The second-order valence-corrected chi connectivity index (χ2v) is 11.9. The van der Waals surface area contributed by atoms with Crippen LogP contribution >= 0.6 is 0 Å². The van der Waals surface area contributed by atoms with Crippen molar-refractivity contribution in [3.8, 4) is 11.5 Å². The molecule has 3 N–H and O–H groups in total. The number of carboxylic acid groups (broad SMARTS) is 1. The molecule has 2 aliphatic rings. The summed E-state index contributed by atoms with van der Waals surface area (Å²) in [4.78, 5) is 24.1. The molecule has 0 spiro atoms. The highest BCUT2D eigenvalue weighted by Crippen LogP contribution is 2.52. The predicted octanol–water partition coefficient (Wildman–Crippen LogP) is 6.98. The van der Waals surface area contributed by atoms with E-state index in [-0.39, 0.29) is 23.0 Å². The summed E-state index contributed by atoms with van der Waals surface area (Å²) in [6.45, 7) is 7.38. The summed E-state index contributed by atoms with van der Waals surface area (Å²) in [5.41, 5.74) is -1.05. The van der Waals surface area contributed by atoms with Gasteiger partial charge < -0.3 is 25.2 Å². The number of aliphatic carboxylic acids is 1. The van der Waals surface area contributed by atoms with Gasteiger partial charge in [0.1, 0.15) is 0 Å². The highest BCUT2D eigenvalue weighted by atomic mass is 19.4. The monoisotopic (exact) mass is 651 g/mol. The Morgan fingerprint density at radius 2 is 1.60 bits per heavy atom. The molecule has 45 heavy (non-hydrogen) atoms. The van der Waals surface area contributed by atoms with Gasteiger partial charge in [0.05, 0.1) is 25.5 Å². The molecule has 250 valence electrons. The summed E-state index contributed by atoms with van der Waals surface area (Å²) in [5.74, 6) is -2.94. The van der Waals surface area contributed by atoms with Crippen LogP contribution in [0.1, 0.15) is 57.6 Å². The second-order valence-electron chi connectivity index (χ2n) is 11.9. The number of carbonyl (C=O) groups is 2. The van der Waals surface area contributed by atoms with E-state index in [2.05, 4.69) is 42.4 Å². The van der Waals surface area contributed by atoms with Crippen LogP contribution in [0.15, 0.2) is 36.4 Å². The lowest BCUT2D eigenvalue weighted by Gasteiger charge is -2.48. The van der Waals surface area contributed by atoms with E-state index in [1.165, 1.54) is 0 Å². The topological polar surface area (TPSA) is 100 Å². The summed E-state index contributed by atoms with van der Waals surface area (Å²) in [5, 5.41) is 12.3. The minimum Gasteiger partial charge on any atom is -0.493 e. The molecule has 4 rings (SSSR count). The average molecular weight is 652 g/mol. The van der Waals surface area contributed by atoms with Crippen molar-refractivity contribution in [2.24, 2.45) is 0 Å². The number of urea groups is 1. The van der Waals surface area contributed by atoms with Crippen molar-refractivity contribution >= 4 is 17.7 Å². The number of benzene rings is 2. The highest BCUT2D eigenvalue weighted by Gasteiger charge is 2.54. The quantitative estimate of drug-likeness (QED) is 0.302. The van der Waals surface area contributed by atoms with E-state index < -0.39 is 41.4 Å². The first kappa shape index (κ1) is 35.7. The number of carboxylic acids is 1. The molecule has 3 atom stereocenters. The second kappa shape index (κ2) is 13.3. The van der Waals surface area contributed by atoms with E-state index in [0.717, 1.165) is 37.1 Å². The number of nitrogens with zero attached hydrogens (tertiary/aromatic N) is 1. The maximum absolute atomic E-state index is 14.4. The maximum atomic E-state index is 14.4. The molecule has 0 unspecified atom stereocenters. The van der Waals surface area contributed by atoms with E-state index in [1.807, 2.05) is 12.1 Å². The lowest BCUT2D eigenvalue weighted by molar-refractivity contribution is -0.192. The van der Waals surface area contributed by atoms with E-state index in [0.29, 0.717) is 30.4 Å². The third kappa shape index (κ3) is 8.10. The number of likely N-dealkylation sites (tertiary alicyclic amines) is 1. The molecular formula is C30H36F7N3O5. The number of alkyl halides is 6. The number of halogens is 7. The van der Waals surface area contributed by atoms with E-state index in [9.17, 15) is 35.5 Å². The van der Waals surface area contributed by atoms with Crippen molar-refractivity contribution in [1.82, 2.24) is 10.2 Å². The fourth-order valence-electron chi connectivity index (χ4n) is 6.16. The van der Waals surface area contributed by atoms with E-state index in [4.69, 9.17) is 19.4 Å². The van der Waals surface area contributed by atoms with Gasteiger partial charge in [0.25, 0.3) is 0 Å². The molecule has 15 heteroatoms. The number of carbonyl (C=O) groups excluding carboxylic acids is 1. The lowest BCUT2D eigenvalue weighted by Crippen LogP contribution is -2.56. The number of methoxy groups -OCH3 is 2. The van der Waals surface area contributed by atoms with E-state index in [1.54, 1.807) is 14.2 Å². The van der Waals surface area contributed by atoms with Crippen LogP contribution in [0.2, 0.25) is 0 Å². The molecule has 1 aliphatic carbocycles. The summed E-state index contributed by atoms with van der Waals surface area (Å²) in [6, 6.07) is 8.01. The third-order valence-corrected chi connectivity index (χ3v) is 8.21. The Hall–Kier alpha value is -3.75. The van der Waals surface area contributed by atoms with Crippen molar-refractivity contribution in [3.05, 3.63) is 53.3 Å². The minimum absolute atomic E-state index is 0.102. The van der Waals surface area contributed by atoms with Crippen LogP contribution in [0.5, 0.6) is 11.5 Å². The van der Waals surface area contributed by atoms with Crippen molar-refractivity contribution in [1.29, 1.82) is 0 Å². The number of nitrogens with one attached hydrogen (secondary N) is 2. The molecule has 0 radical (unpaired) electrons. The van der Waals surface area contributed by atoms with Crippen LogP contribution in [0.3, 0.4) is 0 Å². The van der Waals surface area contributed by atoms with Gasteiger partial charge in [0.2, 0.25) is 0 Å². The first-order valence-electron chi connectivity index (χ1n) is 14.0. The SMILES string of the molecule is COc1ccc([C@@]23CC[C@@H](NC(=O)Nc4cccc(C(F)(F)F)c4F)C[C@@H]2N(C(C)(C)C)CC3)cc1OC.O=C(O)C(F)(F)F. The van der Waals surface area contributed by atoms with Crippen LogP contribution in [0.25, 0.3) is 0 Å². The number of hydrogen-bond donors (Lipinski definition) is 3. The van der Waals surface area contributed by atoms with Gasteiger partial charge in [0.15, 0.2) is 17.3 Å². The zero-order valence-corrected chi connectivity index (χ0v) is 25.3. The van der Waals surface area contributed by atoms with Crippen molar-refractivity contribution in [2.45, 2.75) is 81.8 Å². The van der Waals surface area contributed by atoms with Gasteiger partial charge in [-0.2, -0.15) is 26.3 Å². The fourth-order valence-corrected chi connectivity index (χ4v) is 6.16. The molecule has 0 aromatic heterocycles. The summed E-state index contributed by atoms with van der Waals surface area (Å²) in [7, 11) is 3.21. The standard InChI is InChI=1S/C28H35F4N3O3.C2HF3O2/c1-26(2,3)35-14-13-27(17-9-10-21(37-4)22(15-17)38-5)12-11-18(16-23(27)35)33-25(36)34-20-8-6-7-19(24(20)29)28(30,31)32;3-2(4,5)1(6)7/h6-10,15,18,23H,11-14,16H2,1-5H3,(H2,33,34,36);(H,6,7)/t18-,23+,27+;/m1./s1. The van der Waals surface area contributed by atoms with Crippen LogP contribution in [0.4, 0.5) is 41.2 Å². The smallest absolute Gasteiger partial charge is 0.490 e. The number of rotatable bonds is 5. The molecule has 1 saturated heterocycles. The molecule has 2 amide bonds. The van der Waals surface area contributed by atoms with Gasteiger partial charge in [-0.1, -0.05) is 12.1 Å². The van der Waals surface area contributed by atoms with Gasteiger partial charge in [0, 0.05) is 23.0 Å². The Kier molecular flexibility index (Phi) is 10.6. The van der Waals surface area contributed by atoms with Gasteiger partial charge in [-0.3, -0.25) is 4.90 Å². The fraction of sp³-hybridized carbons (Fsp3) is 0.533. The first-order chi connectivity index (χ1) is 20.7. The number of fused-ring (bicyclic) bond motifs is 1. The zero-order chi connectivity index (χ0) is 34.0. The average Bonchev–Trinajstić information content (AvgIpc) is 3.33. The first-order valence-corrected chi connectivity index (χ1v) is 14.0. The normalized spacial score (nSPS) is 22.0. The lowest BCUT2D eigenvalue weighted by atomic mass is 9.64. The summed E-state index contributed by atoms with van der Waals surface area (Å²) >= 11 is 0. The predicted molar refractivity (Wildman–Crippen MR) is 151 cm³/mol. The zero-order valence-electron chi connectivity index (χ0n) is 25.3. The van der Waals surface area contributed by atoms with Crippen LogP contribution in [-0.2, 0) is 16.4 Å². The van der Waals surface area contributed by atoms with Gasteiger partial charge in [-0.05, 0) is 82.8 Å². The highest BCUT2D eigenvalue weighted by molar-refractivity contribution is 5.89. The van der Waals surface area contributed by atoms with Crippen molar-refractivity contribution < 1.29 is 54.9 Å². The van der Waals surface area contributed by atoms with Gasteiger partial charge in [-0.15, -0.1) is 0 Å². The van der Waals surface area contributed by atoms with Crippen LogP contribution < -0.4 is 20.1 Å². The summed E-state index contributed by atoms with van der Waals surface area (Å²) < 4.78 is 96.4. The molecular weight excluding hydrogens is 615 g/mol. The van der Waals surface area contributed by atoms with Gasteiger partial charge >= 0.3 is 24.4 Å². The number of amides is 2.